The number of H-pyrrole nitrogens is 1. The maximum Gasteiger partial charge on any atom is 0.315 e. The van der Waals surface area contributed by atoms with Crippen LogP contribution in [0.1, 0.15) is 25.7 Å². The van der Waals surface area contributed by atoms with Gasteiger partial charge in [-0.3, -0.25) is 0 Å². The molecule has 3 aromatic heterocycles. The average Bonchev–Trinajstić information content (AvgIpc) is 3.15. The van der Waals surface area contributed by atoms with Gasteiger partial charge in [-0.15, -0.1) is 0 Å². The van der Waals surface area contributed by atoms with Crippen LogP contribution in [0.25, 0.3) is 22.1 Å². The van der Waals surface area contributed by atoms with E-state index >= 15 is 0 Å². The molecule has 0 unspecified atom stereocenters. The lowest BCUT2D eigenvalue weighted by atomic mass is 9.44. The van der Waals surface area contributed by atoms with Crippen molar-refractivity contribution in [2.24, 2.45) is 0 Å². The second-order valence-corrected chi connectivity index (χ2v) is 7.17. The van der Waals surface area contributed by atoms with Gasteiger partial charge in [0.25, 0.3) is 0 Å². The van der Waals surface area contributed by atoms with Crippen LogP contribution in [0.3, 0.4) is 0 Å². The number of hydrogen-bond donors (Lipinski definition) is 3. The Morgan fingerprint density at radius 1 is 1.40 bits per heavy atom. The summed E-state index contributed by atoms with van der Waals surface area (Å²) in [5.41, 5.74) is 2.80. The minimum Gasteiger partial charge on any atom is -0.346 e. The van der Waals surface area contributed by atoms with Gasteiger partial charge in [-0.05, 0) is 25.3 Å². The second-order valence-electron chi connectivity index (χ2n) is 7.17. The molecule has 126 valence electrons. The van der Waals surface area contributed by atoms with Gasteiger partial charge in [0.2, 0.25) is 0 Å². The largest absolute Gasteiger partial charge is 0.346 e. The molecule has 0 radical (unpaired) electrons. The van der Waals surface area contributed by atoms with Crippen molar-refractivity contribution < 1.29 is 4.79 Å². The molecule has 3 saturated carbocycles. The van der Waals surface area contributed by atoms with Gasteiger partial charge in [-0.1, -0.05) is 0 Å². The van der Waals surface area contributed by atoms with Crippen LogP contribution < -0.4 is 10.6 Å². The molecular formula is C17H17N7O. The predicted octanol–water partition coefficient (Wildman–Crippen LogP) is 1.76. The van der Waals surface area contributed by atoms with E-state index in [4.69, 9.17) is 5.26 Å². The summed E-state index contributed by atoms with van der Waals surface area (Å²) in [7, 11) is 0. The number of amides is 2. The molecule has 6 rings (SSSR count). The van der Waals surface area contributed by atoms with Crippen molar-refractivity contribution in [1.82, 2.24) is 30.2 Å². The van der Waals surface area contributed by atoms with Gasteiger partial charge >= 0.3 is 6.03 Å². The highest BCUT2D eigenvalue weighted by atomic mass is 16.2. The number of carbonyl (C=O) groups excluding carboxylic acids is 1. The SMILES string of the molecule is N#CCCNC(=O)NC12CC(n3cnc4cnc5[nH]ccc5c43)(C1)C2. The highest BCUT2D eigenvalue weighted by molar-refractivity contribution is 6.01. The van der Waals surface area contributed by atoms with E-state index in [1.807, 2.05) is 24.7 Å². The number of carbonyl (C=O) groups is 1. The van der Waals surface area contributed by atoms with E-state index in [9.17, 15) is 4.79 Å². The summed E-state index contributed by atoms with van der Waals surface area (Å²) in [5.74, 6) is 0. The Morgan fingerprint density at radius 2 is 2.24 bits per heavy atom. The normalized spacial score (nSPS) is 26.7. The first kappa shape index (κ1) is 14.3. The molecule has 25 heavy (non-hydrogen) atoms. The lowest BCUT2D eigenvalue weighted by Crippen LogP contribution is -2.79. The van der Waals surface area contributed by atoms with Gasteiger partial charge in [0.05, 0.1) is 36.1 Å². The van der Waals surface area contributed by atoms with Crippen LogP contribution in [0.4, 0.5) is 4.79 Å². The van der Waals surface area contributed by atoms with Crippen LogP contribution in [0.5, 0.6) is 0 Å². The number of nitrogens with one attached hydrogen (secondary N) is 3. The molecule has 0 aromatic carbocycles. The molecule has 3 fully saturated rings. The molecule has 0 aliphatic heterocycles. The van der Waals surface area contributed by atoms with Crippen LogP contribution in [-0.4, -0.2) is 37.6 Å². The number of pyridine rings is 1. The fourth-order valence-corrected chi connectivity index (χ4v) is 4.51. The van der Waals surface area contributed by atoms with Crippen LogP contribution in [-0.2, 0) is 5.54 Å². The van der Waals surface area contributed by atoms with E-state index < -0.39 is 0 Å². The van der Waals surface area contributed by atoms with Crippen molar-refractivity contribution in [3.63, 3.8) is 0 Å². The summed E-state index contributed by atoms with van der Waals surface area (Å²) in [6.07, 6.45) is 8.64. The molecule has 2 bridgehead atoms. The molecule has 3 aliphatic carbocycles. The predicted molar refractivity (Wildman–Crippen MR) is 90.7 cm³/mol. The van der Waals surface area contributed by atoms with Crippen molar-refractivity contribution in [3.8, 4) is 6.07 Å². The molecular weight excluding hydrogens is 318 g/mol. The number of imidazole rings is 1. The highest BCUT2D eigenvalue weighted by Crippen LogP contribution is 2.65. The first-order valence-corrected chi connectivity index (χ1v) is 8.37. The second kappa shape index (κ2) is 4.72. The van der Waals surface area contributed by atoms with E-state index in [0.29, 0.717) is 13.0 Å². The summed E-state index contributed by atoms with van der Waals surface area (Å²) in [6.45, 7) is 0.383. The van der Waals surface area contributed by atoms with Crippen molar-refractivity contribution in [2.45, 2.75) is 36.8 Å². The third kappa shape index (κ3) is 1.89. The number of aromatic nitrogens is 4. The van der Waals surface area contributed by atoms with Crippen molar-refractivity contribution >= 4 is 28.1 Å². The Hall–Kier alpha value is -3.08. The molecule has 3 aromatic rings. The standard InChI is InChI=1S/C17H17N7O/c18-3-1-4-20-15(25)23-16-7-17(8-16,9-16)24-10-22-12-6-21-14-11(13(12)24)2-5-19-14/h2,5-6,10H,1,4,7-9H2,(H,19,21)(H2,20,23,25). The van der Waals surface area contributed by atoms with E-state index in [0.717, 1.165) is 41.3 Å². The van der Waals surface area contributed by atoms with Gasteiger partial charge in [-0.25, -0.2) is 14.8 Å². The number of urea groups is 1. The molecule has 0 spiro atoms. The van der Waals surface area contributed by atoms with Crippen LogP contribution in [0.15, 0.2) is 24.8 Å². The first-order valence-electron chi connectivity index (χ1n) is 8.37. The van der Waals surface area contributed by atoms with Crippen LogP contribution in [0, 0.1) is 11.3 Å². The van der Waals surface area contributed by atoms with Gasteiger partial charge in [0, 0.05) is 23.7 Å². The topological polar surface area (TPSA) is 111 Å². The quantitative estimate of drug-likeness (QED) is 0.631. The van der Waals surface area contributed by atoms with Crippen LogP contribution >= 0.6 is 0 Å². The smallest absolute Gasteiger partial charge is 0.315 e. The lowest BCUT2D eigenvalue weighted by molar-refractivity contribution is -0.128. The molecule has 3 N–H and O–H groups in total. The zero-order valence-corrected chi connectivity index (χ0v) is 13.5. The van der Waals surface area contributed by atoms with Crippen LogP contribution in [0.2, 0.25) is 0 Å². The van der Waals surface area contributed by atoms with E-state index in [-0.39, 0.29) is 17.1 Å². The molecule has 0 saturated heterocycles. The minimum absolute atomic E-state index is 0.0419. The zero-order chi connectivity index (χ0) is 17.1. The number of aromatic amines is 1. The monoisotopic (exact) mass is 335 g/mol. The number of fused-ring (bicyclic) bond motifs is 3. The van der Waals surface area contributed by atoms with Crippen molar-refractivity contribution in [2.75, 3.05) is 6.54 Å². The Kier molecular flexibility index (Phi) is 2.70. The van der Waals surface area contributed by atoms with Gasteiger partial charge in [0.15, 0.2) is 0 Å². The van der Waals surface area contributed by atoms with E-state index in [2.05, 4.69) is 30.2 Å². The average molecular weight is 335 g/mol. The zero-order valence-electron chi connectivity index (χ0n) is 13.5. The third-order valence-corrected chi connectivity index (χ3v) is 5.51. The summed E-state index contributed by atoms with van der Waals surface area (Å²) in [5, 5.41) is 15.4. The molecule has 3 heterocycles. The molecule has 8 heteroatoms. The van der Waals surface area contributed by atoms with Gasteiger partial charge < -0.3 is 20.2 Å². The first-order chi connectivity index (χ1) is 12.1. The minimum atomic E-state index is -0.184. The highest BCUT2D eigenvalue weighted by Gasteiger charge is 2.70. The number of hydrogen-bond acceptors (Lipinski definition) is 4. The van der Waals surface area contributed by atoms with Gasteiger partial charge in [-0.2, -0.15) is 5.26 Å². The molecule has 0 atom stereocenters. The lowest BCUT2D eigenvalue weighted by Gasteiger charge is -2.70. The van der Waals surface area contributed by atoms with Crippen molar-refractivity contribution in [3.05, 3.63) is 24.8 Å². The Labute approximate surface area is 143 Å². The summed E-state index contributed by atoms with van der Waals surface area (Å²) >= 11 is 0. The van der Waals surface area contributed by atoms with E-state index in [1.165, 1.54) is 0 Å². The van der Waals surface area contributed by atoms with Crippen molar-refractivity contribution in [1.29, 1.82) is 5.26 Å². The van der Waals surface area contributed by atoms with Gasteiger partial charge in [0.1, 0.15) is 11.2 Å². The summed E-state index contributed by atoms with van der Waals surface area (Å²) < 4.78 is 2.26. The molecule has 3 aliphatic rings. The Balaban J connectivity index is 1.36. The number of nitrogens with zero attached hydrogens (tertiary/aromatic N) is 4. The Bertz CT molecular complexity index is 1020. The maximum atomic E-state index is 11.9. The third-order valence-electron chi connectivity index (χ3n) is 5.51. The number of nitriles is 1. The molecule has 2 amide bonds. The maximum absolute atomic E-state index is 11.9. The molecule has 8 nitrogen and oxygen atoms in total. The fraction of sp³-hybridized carbons (Fsp3) is 0.412. The summed E-state index contributed by atoms with van der Waals surface area (Å²) in [4.78, 5) is 24.0. The fourth-order valence-electron chi connectivity index (χ4n) is 4.51. The Morgan fingerprint density at radius 3 is 3.04 bits per heavy atom. The summed E-state index contributed by atoms with van der Waals surface area (Å²) in [6, 6.07) is 3.87. The number of rotatable bonds is 4. The van der Waals surface area contributed by atoms with E-state index in [1.54, 1.807) is 6.20 Å².